The minimum Gasteiger partial charge on any atom is -0.330 e. The Kier molecular flexibility index (Phi) is 6.32. The van der Waals surface area contributed by atoms with E-state index in [1.165, 1.54) is 18.6 Å². The molecule has 0 spiro atoms. The van der Waals surface area contributed by atoms with Crippen LogP contribution in [0.2, 0.25) is 0 Å². The van der Waals surface area contributed by atoms with E-state index in [0.29, 0.717) is 31.2 Å². The lowest BCUT2D eigenvalue weighted by atomic mass is 9.99. The predicted molar refractivity (Wildman–Crippen MR) is 80.0 cm³/mol. The number of nitrogens with zero attached hydrogens (tertiary/aromatic N) is 3. The van der Waals surface area contributed by atoms with Gasteiger partial charge in [0.15, 0.2) is 0 Å². The van der Waals surface area contributed by atoms with Gasteiger partial charge in [-0.2, -0.15) is 0 Å². The molecule has 8 heteroatoms. The van der Waals surface area contributed by atoms with Crippen LogP contribution < -0.4 is 5.73 Å². The Hall–Kier alpha value is -0.760. The summed E-state index contributed by atoms with van der Waals surface area (Å²) in [5.74, 6) is 0.443. The molecule has 0 radical (unpaired) electrons. The molecule has 2 N–H and O–H groups in total. The fourth-order valence-corrected chi connectivity index (χ4v) is 3.89. The molecule has 1 unspecified atom stereocenters. The number of halogens is 1. The first-order chi connectivity index (χ1) is 9.05. The van der Waals surface area contributed by atoms with Gasteiger partial charge in [0.25, 0.3) is 0 Å². The zero-order valence-corrected chi connectivity index (χ0v) is 13.1. The maximum absolute atomic E-state index is 12.5. The molecule has 20 heavy (non-hydrogen) atoms. The third kappa shape index (κ3) is 3.66. The molecule has 0 aliphatic carbocycles. The zero-order valence-electron chi connectivity index (χ0n) is 11.5. The van der Waals surface area contributed by atoms with Crippen molar-refractivity contribution < 1.29 is 8.42 Å². The quantitative estimate of drug-likeness (QED) is 0.892. The molecule has 0 saturated carbocycles. The lowest BCUT2D eigenvalue weighted by Gasteiger charge is -2.32. The molecule has 0 amide bonds. The number of rotatable bonds is 4. The summed E-state index contributed by atoms with van der Waals surface area (Å²) < 4.78 is 26.6. The number of nitrogens with two attached hydrogens (primary N) is 1. The summed E-state index contributed by atoms with van der Waals surface area (Å²) in [7, 11) is -3.36. The van der Waals surface area contributed by atoms with Crippen LogP contribution in [0.1, 0.15) is 30.7 Å². The average Bonchev–Trinajstić information content (AvgIpc) is 2.47. The van der Waals surface area contributed by atoms with Crippen LogP contribution in [-0.4, -0.2) is 42.3 Å². The van der Waals surface area contributed by atoms with Crippen LogP contribution in [-0.2, 0) is 10.0 Å². The third-order valence-corrected chi connectivity index (χ3v) is 5.93. The number of hydrogen-bond acceptors (Lipinski definition) is 5. The van der Waals surface area contributed by atoms with Crippen LogP contribution in [0.5, 0.6) is 0 Å². The molecule has 1 atom stereocenters. The Morgan fingerprint density at radius 3 is 2.55 bits per heavy atom. The van der Waals surface area contributed by atoms with Crippen molar-refractivity contribution in [1.29, 1.82) is 0 Å². The van der Waals surface area contributed by atoms with E-state index < -0.39 is 15.3 Å². The van der Waals surface area contributed by atoms with Crippen molar-refractivity contribution >= 4 is 22.4 Å². The molecule has 1 saturated heterocycles. The van der Waals surface area contributed by atoms with E-state index in [4.69, 9.17) is 5.73 Å². The van der Waals surface area contributed by atoms with Crippen LogP contribution in [0.25, 0.3) is 0 Å². The van der Waals surface area contributed by atoms with E-state index in [-0.39, 0.29) is 12.4 Å². The first-order valence-corrected chi connectivity index (χ1v) is 8.01. The summed E-state index contributed by atoms with van der Waals surface area (Å²) in [4.78, 5) is 8.01. The van der Waals surface area contributed by atoms with Gasteiger partial charge in [-0.25, -0.2) is 12.7 Å². The van der Waals surface area contributed by atoms with Crippen LogP contribution in [0.3, 0.4) is 0 Å². The Morgan fingerprint density at radius 1 is 1.40 bits per heavy atom. The minimum absolute atomic E-state index is 0. The molecule has 1 aliphatic rings. The van der Waals surface area contributed by atoms with Gasteiger partial charge in [0.2, 0.25) is 10.0 Å². The predicted octanol–water partition coefficient (Wildman–Crippen LogP) is 0.960. The maximum Gasteiger partial charge on any atom is 0.222 e. The number of aromatic nitrogens is 2. The van der Waals surface area contributed by atoms with Crippen molar-refractivity contribution in [2.75, 3.05) is 19.6 Å². The standard InChI is InChI=1S/C12H20N4O2S.ClH/c1-10(12-9-14-4-5-15-12)19(17,18)16-6-2-11(8-13)3-7-16;/h4-5,9-11H,2-3,6-8,13H2,1H3;1H. The number of piperidine rings is 1. The number of sulfonamides is 1. The minimum atomic E-state index is -3.36. The van der Waals surface area contributed by atoms with Crippen molar-refractivity contribution in [2.24, 2.45) is 11.7 Å². The van der Waals surface area contributed by atoms with Crippen molar-refractivity contribution in [1.82, 2.24) is 14.3 Å². The van der Waals surface area contributed by atoms with Crippen molar-refractivity contribution in [3.05, 3.63) is 24.3 Å². The van der Waals surface area contributed by atoms with Crippen LogP contribution in [0, 0.1) is 5.92 Å². The molecule has 2 heterocycles. The van der Waals surface area contributed by atoms with Crippen LogP contribution >= 0.6 is 12.4 Å². The monoisotopic (exact) mass is 320 g/mol. The topological polar surface area (TPSA) is 89.2 Å². The third-order valence-electron chi connectivity index (χ3n) is 3.71. The van der Waals surface area contributed by atoms with Gasteiger partial charge in [0, 0.05) is 31.7 Å². The van der Waals surface area contributed by atoms with Crippen molar-refractivity contribution in [3.63, 3.8) is 0 Å². The summed E-state index contributed by atoms with van der Waals surface area (Å²) in [5, 5.41) is -0.657. The van der Waals surface area contributed by atoms with E-state index in [1.54, 1.807) is 11.2 Å². The molecule has 114 valence electrons. The second kappa shape index (κ2) is 7.31. The van der Waals surface area contributed by atoms with Crippen LogP contribution in [0.15, 0.2) is 18.6 Å². The Labute approximate surface area is 126 Å². The lowest BCUT2D eigenvalue weighted by molar-refractivity contribution is 0.276. The smallest absolute Gasteiger partial charge is 0.222 e. The molecule has 1 aromatic heterocycles. The van der Waals surface area contributed by atoms with E-state index >= 15 is 0 Å². The van der Waals surface area contributed by atoms with E-state index in [1.807, 2.05) is 0 Å². The molecule has 0 bridgehead atoms. The Morgan fingerprint density at radius 2 is 2.05 bits per heavy atom. The van der Waals surface area contributed by atoms with Gasteiger partial charge in [0.05, 0.1) is 5.69 Å². The molecular formula is C12H21ClN4O2S. The molecule has 1 aromatic rings. The van der Waals surface area contributed by atoms with E-state index in [2.05, 4.69) is 9.97 Å². The molecule has 2 rings (SSSR count). The second-order valence-corrected chi connectivity index (χ2v) is 7.15. The van der Waals surface area contributed by atoms with Gasteiger partial charge in [-0.15, -0.1) is 12.4 Å². The van der Waals surface area contributed by atoms with Gasteiger partial charge < -0.3 is 5.73 Å². The van der Waals surface area contributed by atoms with Crippen LogP contribution in [0.4, 0.5) is 0 Å². The Balaban J connectivity index is 0.00000200. The first-order valence-electron chi connectivity index (χ1n) is 6.50. The largest absolute Gasteiger partial charge is 0.330 e. The highest BCUT2D eigenvalue weighted by Gasteiger charge is 2.33. The summed E-state index contributed by atoms with van der Waals surface area (Å²) in [5.41, 5.74) is 6.11. The number of hydrogen-bond donors (Lipinski definition) is 1. The van der Waals surface area contributed by atoms with Crippen molar-refractivity contribution in [2.45, 2.75) is 25.0 Å². The first kappa shape index (κ1) is 17.3. The van der Waals surface area contributed by atoms with Gasteiger partial charge in [-0.3, -0.25) is 9.97 Å². The molecule has 0 aromatic carbocycles. The Bertz CT molecular complexity index is 503. The summed E-state index contributed by atoms with van der Waals surface area (Å²) in [6.07, 6.45) is 6.23. The highest BCUT2D eigenvalue weighted by Crippen LogP contribution is 2.27. The van der Waals surface area contributed by atoms with Gasteiger partial charge in [-0.1, -0.05) is 0 Å². The summed E-state index contributed by atoms with van der Waals surface area (Å²) in [6, 6.07) is 0. The van der Waals surface area contributed by atoms with Gasteiger partial charge in [-0.05, 0) is 32.2 Å². The summed E-state index contributed by atoms with van der Waals surface area (Å²) >= 11 is 0. The molecular weight excluding hydrogens is 300 g/mol. The normalized spacial score (nSPS) is 19.3. The van der Waals surface area contributed by atoms with Crippen molar-refractivity contribution in [3.8, 4) is 0 Å². The molecule has 1 aliphatic heterocycles. The maximum atomic E-state index is 12.5. The van der Waals surface area contributed by atoms with Gasteiger partial charge in [0.1, 0.15) is 5.25 Å². The SMILES string of the molecule is CC(c1cnccn1)S(=O)(=O)N1CCC(CN)CC1.Cl. The van der Waals surface area contributed by atoms with E-state index in [0.717, 1.165) is 12.8 Å². The summed E-state index contributed by atoms with van der Waals surface area (Å²) in [6.45, 7) is 3.39. The second-order valence-electron chi connectivity index (χ2n) is 4.90. The fourth-order valence-electron chi connectivity index (χ4n) is 2.30. The molecule has 1 fully saturated rings. The van der Waals surface area contributed by atoms with Gasteiger partial charge >= 0.3 is 0 Å². The van der Waals surface area contributed by atoms with E-state index in [9.17, 15) is 8.42 Å². The molecule has 6 nitrogen and oxygen atoms in total. The highest BCUT2D eigenvalue weighted by molar-refractivity contribution is 7.89. The zero-order chi connectivity index (χ0) is 13.9. The fraction of sp³-hybridized carbons (Fsp3) is 0.667. The lowest BCUT2D eigenvalue weighted by Crippen LogP contribution is -2.41. The average molecular weight is 321 g/mol. The highest BCUT2D eigenvalue weighted by atomic mass is 35.5.